The van der Waals surface area contributed by atoms with Gasteiger partial charge in [-0.25, -0.2) is 4.39 Å². The Morgan fingerprint density at radius 1 is 1.19 bits per heavy atom. The van der Waals surface area contributed by atoms with Crippen LogP contribution in [-0.4, -0.2) is 26.7 Å². The van der Waals surface area contributed by atoms with E-state index in [1.54, 1.807) is 12.1 Å². The summed E-state index contributed by atoms with van der Waals surface area (Å²) in [6.45, 7) is 1.09. The molecule has 32 heavy (non-hydrogen) atoms. The van der Waals surface area contributed by atoms with Gasteiger partial charge < -0.3 is 15.6 Å². The van der Waals surface area contributed by atoms with Crippen LogP contribution in [0.15, 0.2) is 54.6 Å². The molecular weight excluding hydrogens is 405 g/mol. The Morgan fingerprint density at radius 2 is 2.00 bits per heavy atom. The number of hydrogen-bond acceptors (Lipinski definition) is 3. The number of aromatic nitrogens is 3. The number of nitrogens with zero attached hydrogens (tertiary/aromatic N) is 2. The SMILES string of the molecule is Cn1nc(C(=O)NCc2ccc(F)cc2)c2c1CCC(NCc1cc3ccccc3[nH]1)C2. The molecule has 0 radical (unpaired) electrons. The Hall–Kier alpha value is -3.45. The Labute approximate surface area is 185 Å². The third-order valence-corrected chi connectivity index (χ3v) is 6.20. The molecule has 1 aliphatic rings. The molecule has 0 saturated heterocycles. The van der Waals surface area contributed by atoms with Crippen molar-refractivity contribution >= 4 is 16.8 Å². The number of fused-ring (bicyclic) bond motifs is 2. The number of amides is 1. The van der Waals surface area contributed by atoms with E-state index < -0.39 is 0 Å². The molecule has 2 aromatic carbocycles. The molecular formula is C25H26FN5O. The van der Waals surface area contributed by atoms with Crippen LogP contribution in [0.25, 0.3) is 10.9 Å². The van der Waals surface area contributed by atoms with Crippen molar-refractivity contribution in [3.8, 4) is 0 Å². The Kier molecular flexibility index (Phi) is 5.49. The highest BCUT2D eigenvalue weighted by atomic mass is 19.1. The van der Waals surface area contributed by atoms with E-state index >= 15 is 0 Å². The molecule has 1 unspecified atom stereocenters. The van der Waals surface area contributed by atoms with Crippen LogP contribution in [0, 0.1) is 5.82 Å². The summed E-state index contributed by atoms with van der Waals surface area (Å²) in [5.41, 5.74) is 5.78. The van der Waals surface area contributed by atoms with Crippen molar-refractivity contribution in [1.29, 1.82) is 0 Å². The van der Waals surface area contributed by atoms with Crippen LogP contribution in [-0.2, 0) is 33.0 Å². The molecule has 0 bridgehead atoms. The Bertz CT molecular complexity index is 1220. The summed E-state index contributed by atoms with van der Waals surface area (Å²) < 4.78 is 14.9. The van der Waals surface area contributed by atoms with Crippen LogP contribution in [0.2, 0.25) is 0 Å². The van der Waals surface area contributed by atoms with Gasteiger partial charge in [0.15, 0.2) is 5.69 Å². The van der Waals surface area contributed by atoms with E-state index in [1.165, 1.54) is 17.5 Å². The Morgan fingerprint density at radius 3 is 2.81 bits per heavy atom. The average Bonchev–Trinajstić information content (AvgIpc) is 3.37. The molecule has 1 amide bonds. The summed E-state index contributed by atoms with van der Waals surface area (Å²) in [5.74, 6) is -0.479. The predicted octanol–water partition coefficient (Wildman–Crippen LogP) is 3.62. The molecule has 0 spiro atoms. The number of aromatic amines is 1. The van der Waals surface area contributed by atoms with Crippen LogP contribution in [0.5, 0.6) is 0 Å². The van der Waals surface area contributed by atoms with Crippen molar-refractivity contribution in [2.24, 2.45) is 7.05 Å². The van der Waals surface area contributed by atoms with E-state index in [4.69, 9.17) is 0 Å². The first-order chi connectivity index (χ1) is 15.6. The lowest BCUT2D eigenvalue weighted by atomic mass is 9.91. The average molecular weight is 432 g/mol. The number of aryl methyl sites for hydroxylation is 1. The standard InChI is InChI=1S/C25H26FN5O/c1-31-23-11-10-19(27-15-20-12-17-4-2-3-5-22(17)29-20)13-21(23)24(30-31)25(32)28-14-16-6-8-18(26)9-7-16/h2-9,12,19,27,29H,10-11,13-15H2,1H3,(H,28,32). The van der Waals surface area contributed by atoms with Crippen LogP contribution in [0.3, 0.4) is 0 Å². The fourth-order valence-corrected chi connectivity index (χ4v) is 4.50. The minimum absolute atomic E-state index is 0.192. The highest BCUT2D eigenvalue weighted by molar-refractivity contribution is 5.94. The fraction of sp³-hybridized carbons (Fsp3) is 0.280. The molecule has 2 heterocycles. The fourth-order valence-electron chi connectivity index (χ4n) is 4.50. The summed E-state index contributed by atoms with van der Waals surface area (Å²) >= 11 is 0. The normalized spacial score (nSPS) is 15.6. The lowest BCUT2D eigenvalue weighted by molar-refractivity contribution is 0.0944. The van der Waals surface area contributed by atoms with Gasteiger partial charge in [-0.05, 0) is 54.5 Å². The van der Waals surface area contributed by atoms with E-state index in [9.17, 15) is 9.18 Å². The minimum Gasteiger partial charge on any atom is -0.357 e. The predicted molar refractivity (Wildman–Crippen MR) is 122 cm³/mol. The van der Waals surface area contributed by atoms with Gasteiger partial charge in [0.05, 0.1) is 0 Å². The number of rotatable bonds is 6. The number of carbonyl (C=O) groups is 1. The maximum Gasteiger partial charge on any atom is 0.272 e. The summed E-state index contributed by atoms with van der Waals surface area (Å²) in [6, 6.07) is 16.9. The van der Waals surface area contributed by atoms with Gasteiger partial charge >= 0.3 is 0 Å². The first kappa shape index (κ1) is 20.5. The molecule has 0 saturated carbocycles. The van der Waals surface area contributed by atoms with Crippen LogP contribution >= 0.6 is 0 Å². The number of halogens is 1. The van der Waals surface area contributed by atoms with E-state index in [-0.39, 0.29) is 17.8 Å². The maximum atomic E-state index is 13.1. The second kappa shape index (κ2) is 8.59. The quantitative estimate of drug-likeness (QED) is 0.437. The van der Waals surface area contributed by atoms with E-state index in [2.05, 4.69) is 38.9 Å². The van der Waals surface area contributed by atoms with Gasteiger partial charge in [0.25, 0.3) is 5.91 Å². The number of carbonyl (C=O) groups excluding carboxylic acids is 1. The number of benzene rings is 2. The first-order valence-electron chi connectivity index (χ1n) is 10.9. The largest absolute Gasteiger partial charge is 0.357 e. The molecule has 0 fully saturated rings. The van der Waals surface area contributed by atoms with Gasteiger partial charge in [0, 0.05) is 48.6 Å². The zero-order valence-corrected chi connectivity index (χ0v) is 18.0. The van der Waals surface area contributed by atoms with Crippen molar-refractivity contribution in [3.05, 3.63) is 88.6 Å². The second-order valence-corrected chi connectivity index (χ2v) is 8.41. The molecule has 2 aromatic heterocycles. The topological polar surface area (TPSA) is 74.7 Å². The monoisotopic (exact) mass is 431 g/mol. The number of nitrogens with one attached hydrogen (secondary N) is 3. The van der Waals surface area contributed by atoms with Gasteiger partial charge in [-0.1, -0.05) is 30.3 Å². The number of hydrogen-bond donors (Lipinski definition) is 3. The minimum atomic E-state index is -0.287. The van der Waals surface area contributed by atoms with E-state index in [0.29, 0.717) is 12.2 Å². The third-order valence-electron chi connectivity index (χ3n) is 6.20. The number of para-hydroxylation sites is 1. The molecule has 1 aliphatic carbocycles. The van der Waals surface area contributed by atoms with Gasteiger partial charge in [0.2, 0.25) is 0 Å². The lowest BCUT2D eigenvalue weighted by Gasteiger charge is -2.24. The van der Waals surface area contributed by atoms with E-state index in [0.717, 1.165) is 53.8 Å². The second-order valence-electron chi connectivity index (χ2n) is 8.41. The van der Waals surface area contributed by atoms with Crippen LogP contribution in [0.1, 0.15) is 39.4 Å². The van der Waals surface area contributed by atoms with Gasteiger partial charge in [-0.2, -0.15) is 5.10 Å². The first-order valence-corrected chi connectivity index (χ1v) is 10.9. The van der Waals surface area contributed by atoms with Crippen molar-refractivity contribution in [2.75, 3.05) is 0 Å². The Balaban J connectivity index is 1.25. The molecule has 4 aromatic rings. The van der Waals surface area contributed by atoms with Gasteiger partial charge in [0.1, 0.15) is 5.82 Å². The van der Waals surface area contributed by atoms with Crippen LogP contribution < -0.4 is 10.6 Å². The zero-order valence-electron chi connectivity index (χ0n) is 18.0. The zero-order chi connectivity index (χ0) is 22.1. The van der Waals surface area contributed by atoms with Crippen LogP contribution in [0.4, 0.5) is 4.39 Å². The smallest absolute Gasteiger partial charge is 0.272 e. The van der Waals surface area contributed by atoms with Crippen molar-refractivity contribution < 1.29 is 9.18 Å². The molecule has 5 rings (SSSR count). The maximum absolute atomic E-state index is 13.1. The summed E-state index contributed by atoms with van der Waals surface area (Å²) in [7, 11) is 1.90. The highest BCUT2D eigenvalue weighted by Gasteiger charge is 2.28. The highest BCUT2D eigenvalue weighted by Crippen LogP contribution is 2.25. The van der Waals surface area contributed by atoms with Gasteiger partial charge in [-0.15, -0.1) is 0 Å². The van der Waals surface area contributed by atoms with Crippen molar-refractivity contribution in [1.82, 2.24) is 25.4 Å². The molecule has 1 atom stereocenters. The molecule has 164 valence electrons. The van der Waals surface area contributed by atoms with E-state index in [1.807, 2.05) is 23.9 Å². The molecule has 3 N–H and O–H groups in total. The number of H-pyrrole nitrogens is 1. The summed E-state index contributed by atoms with van der Waals surface area (Å²) in [5, 5.41) is 12.3. The van der Waals surface area contributed by atoms with Gasteiger partial charge in [-0.3, -0.25) is 9.48 Å². The summed E-state index contributed by atoms with van der Waals surface area (Å²) in [4.78, 5) is 16.3. The molecule has 7 heteroatoms. The summed E-state index contributed by atoms with van der Waals surface area (Å²) in [6.07, 6.45) is 2.65. The molecule has 6 nitrogen and oxygen atoms in total. The third kappa shape index (κ3) is 4.16. The molecule has 0 aliphatic heterocycles. The van der Waals surface area contributed by atoms with Crippen molar-refractivity contribution in [3.63, 3.8) is 0 Å². The van der Waals surface area contributed by atoms with Crippen molar-refractivity contribution in [2.45, 2.75) is 38.4 Å². The lowest BCUT2D eigenvalue weighted by Crippen LogP contribution is -2.35.